The predicted octanol–water partition coefficient (Wildman–Crippen LogP) is -4.52. The first-order valence-corrected chi connectivity index (χ1v) is 38.5. The molecule has 0 bridgehead atoms. The summed E-state index contributed by atoms with van der Waals surface area (Å²) in [4.78, 5) is 229. The van der Waals surface area contributed by atoms with Crippen molar-refractivity contribution in [1.82, 2.24) is 57.7 Å². The molecular formula is C73H127N15O24. The van der Waals surface area contributed by atoms with Gasteiger partial charge in [0.1, 0.15) is 72.6 Å². The van der Waals surface area contributed by atoms with Gasteiger partial charge in [-0.05, 0) is 126 Å². The number of nitrogens with zero attached hydrogens (tertiary/aromatic N) is 2. The minimum Gasteiger partial charge on any atom is -0.481 e. The Morgan fingerprint density at radius 2 is 1.24 bits per heavy atom. The van der Waals surface area contributed by atoms with Crippen LogP contribution in [0.1, 0.15) is 179 Å². The van der Waals surface area contributed by atoms with E-state index in [1.54, 1.807) is 34.6 Å². The molecular weight excluding hydrogens is 1470 g/mol. The number of likely N-dealkylation sites (N-methyl/N-ethyl adjacent to an activating group) is 1. The van der Waals surface area contributed by atoms with Gasteiger partial charge in [-0.3, -0.25) is 71.9 Å². The summed E-state index contributed by atoms with van der Waals surface area (Å²) >= 11 is 0. The molecule has 2 aliphatic rings. The van der Waals surface area contributed by atoms with Crippen molar-refractivity contribution >= 4 is 94.7 Å². The van der Waals surface area contributed by atoms with E-state index in [1.165, 1.54) is 34.6 Å². The van der Waals surface area contributed by atoms with Crippen LogP contribution in [0.25, 0.3) is 0 Å². The fourth-order valence-electron chi connectivity index (χ4n) is 13.1. The fourth-order valence-corrected chi connectivity index (χ4v) is 13.1. The highest BCUT2D eigenvalue weighted by Gasteiger charge is 2.48. The number of aliphatic hydroxyl groups is 4. The van der Waals surface area contributed by atoms with Gasteiger partial charge in [0, 0.05) is 39.5 Å². The molecule has 2 saturated heterocycles. The Bertz CT molecular complexity index is 3200. The Labute approximate surface area is 653 Å². The molecule has 0 aromatic heterocycles. The quantitative estimate of drug-likeness (QED) is 0.0258. The summed E-state index contributed by atoms with van der Waals surface area (Å²) in [5.74, 6) is -25.9. The summed E-state index contributed by atoms with van der Waals surface area (Å²) < 4.78 is 11.7. The highest BCUT2D eigenvalue weighted by Crippen LogP contribution is 2.28. The third-order valence-corrected chi connectivity index (χ3v) is 21.1. The lowest BCUT2D eigenvalue weighted by Crippen LogP contribution is -2.65. The van der Waals surface area contributed by atoms with Crippen molar-refractivity contribution in [1.29, 1.82) is 0 Å². The number of primary amides is 2. The van der Waals surface area contributed by atoms with Gasteiger partial charge in [0.15, 0.2) is 6.10 Å². The third-order valence-electron chi connectivity index (χ3n) is 21.1. The lowest BCUT2D eigenvalue weighted by molar-refractivity contribution is -0.168. The van der Waals surface area contributed by atoms with Crippen molar-refractivity contribution in [3.05, 3.63) is 0 Å². The van der Waals surface area contributed by atoms with E-state index in [0.717, 1.165) is 30.4 Å². The molecule has 2 fully saturated rings. The number of rotatable bonds is 39. The molecule has 112 heavy (non-hydrogen) atoms. The summed E-state index contributed by atoms with van der Waals surface area (Å²) in [6.07, 6.45) is -12.2. The highest BCUT2D eigenvalue weighted by molar-refractivity contribution is 6.00. The van der Waals surface area contributed by atoms with Crippen LogP contribution < -0.4 is 70.8 Å². The van der Waals surface area contributed by atoms with Crippen molar-refractivity contribution < 1.29 is 117 Å². The number of carboxylic acids is 2. The number of methoxy groups -OCH3 is 1. The smallest absolute Gasteiger partial charge is 0.329 e. The second kappa shape index (κ2) is 48.3. The molecule has 22 atom stereocenters. The van der Waals surface area contributed by atoms with Gasteiger partial charge >= 0.3 is 17.9 Å². The number of carboxylic acid groups (broad SMARTS) is 2. The van der Waals surface area contributed by atoms with E-state index in [2.05, 4.69) is 47.9 Å². The average molecular weight is 1600 g/mol. The van der Waals surface area contributed by atoms with Crippen molar-refractivity contribution in [3.8, 4) is 0 Å². The SMILES string of the molecule is CC[C@@H](C)C[C@@H](C)[C@@H](O)[C@@H](C)C(=O)N[C@H](CCCN)C(=O)N[C@@H](CCC(=O)O)[C@@H](O)[C@@H](O)C(=O)N[C@H](C(=O)NC1C(=O)N[C@H](CO)C(=O)N[C@H](CCCN)C(=O)N[C@@H](CC(C)C)C(=O)N(C)[C@@H](CCC(N)=O)C(=O)N[C@@H]([C@@H](C)OC)C(=O)N[C@H](CC(=O)O)C(=O)N2CCCC[C@H]2C(=O)O[C@@H]1[C@H](C)C(C)C)[C@@H](C)[C@@H](C)C(N)=O. The molecule has 0 aliphatic carbocycles. The Morgan fingerprint density at radius 1 is 0.643 bits per heavy atom. The van der Waals surface area contributed by atoms with E-state index in [-0.39, 0.29) is 82.8 Å². The number of fused-ring (bicyclic) bond motifs is 1. The van der Waals surface area contributed by atoms with E-state index in [9.17, 15) is 88.2 Å². The van der Waals surface area contributed by atoms with Gasteiger partial charge in [0.25, 0.3) is 5.91 Å². The monoisotopic (exact) mass is 1600 g/mol. The van der Waals surface area contributed by atoms with Crippen LogP contribution in [0.15, 0.2) is 0 Å². The van der Waals surface area contributed by atoms with E-state index >= 15 is 19.2 Å². The van der Waals surface area contributed by atoms with Crippen LogP contribution in [0.2, 0.25) is 0 Å². The molecule has 2 aliphatic heterocycles. The fraction of sp³-hybridized carbons (Fsp3) is 0.781. The second-order valence-corrected chi connectivity index (χ2v) is 30.5. The number of hydrogen-bond acceptors (Lipinski definition) is 24. The standard InChI is InChI=1S/C73H127N15O24/c1-15-36(6)31-37(7)57(95)41(11)62(99)79-44(20-18-27-74)63(100)78-43(23-26-52(91)92)58(96)59(97)70(107)84-54(39(9)40(10)61(77)98)67(104)86-56-60(38(8)35(4)5)112-73(110)50-22-16-17-29-88(50)72(109)47(32-53(93)94)82-68(105)55(42(12)111-14)85-66(103)49(24-25-51(76)90)87(13)71(108)46(30-34(2)3)81-64(101)45(21-19-28-75)80-65(102)48(33-89)83-69(56)106/h34-50,54-60,89,95-97H,15-33,74-75H2,1-14H3,(H2,76,90)(H2,77,98)(H,78,100)(H,79,99)(H,80,102)(H,81,101)(H,82,105)(H,83,106)(H,84,107)(H,85,103)(H,86,104)(H,91,92)(H,93,94)/t36-,37-,38-,39+,40-,41-,42-,43+,44-,45-,46+,47-,48-,49+,50+,54+,55+,56?,57-,58-,59-,60-/m1/s1. The minimum atomic E-state index is -2.73. The summed E-state index contributed by atoms with van der Waals surface area (Å²) in [5, 5.41) is 87.8. The van der Waals surface area contributed by atoms with Crippen LogP contribution >= 0.6 is 0 Å². The maximum absolute atomic E-state index is 15.5. The first kappa shape index (κ1) is 99.3. The van der Waals surface area contributed by atoms with Crippen molar-refractivity contribution in [2.75, 3.05) is 40.4 Å². The molecule has 0 radical (unpaired) electrons. The molecule has 39 heteroatoms. The first-order valence-electron chi connectivity index (χ1n) is 38.5. The summed E-state index contributed by atoms with van der Waals surface area (Å²) in [7, 11) is 2.31. The number of hydrogen-bond donors (Lipinski definition) is 19. The lowest BCUT2D eigenvalue weighted by atomic mass is 9.85. The van der Waals surface area contributed by atoms with Gasteiger partial charge in [0.2, 0.25) is 70.9 Å². The van der Waals surface area contributed by atoms with Gasteiger partial charge in [0.05, 0.1) is 37.2 Å². The van der Waals surface area contributed by atoms with Gasteiger partial charge in [-0.25, -0.2) is 4.79 Å². The van der Waals surface area contributed by atoms with E-state index in [4.69, 9.17) is 32.4 Å². The average Bonchev–Trinajstić information content (AvgIpc) is 0.850. The Kier molecular flexibility index (Phi) is 42.9. The van der Waals surface area contributed by atoms with Crippen LogP contribution in [0.5, 0.6) is 0 Å². The zero-order valence-electron chi connectivity index (χ0n) is 67.0. The molecule has 0 aromatic rings. The number of esters is 1. The molecule has 39 nitrogen and oxygen atoms in total. The van der Waals surface area contributed by atoms with Gasteiger partial charge in [-0.2, -0.15) is 0 Å². The maximum atomic E-state index is 15.5. The maximum Gasteiger partial charge on any atom is 0.329 e. The molecule has 23 N–H and O–H groups in total. The van der Waals surface area contributed by atoms with Crippen molar-refractivity contribution in [2.24, 2.45) is 70.3 Å². The summed E-state index contributed by atoms with van der Waals surface area (Å²) in [5.41, 5.74) is 23.0. The number of aliphatic carboxylic acids is 2. The topological polar surface area (TPSA) is 632 Å². The Morgan fingerprint density at radius 3 is 1.79 bits per heavy atom. The number of nitrogens with one attached hydrogen (secondary N) is 9. The van der Waals surface area contributed by atoms with Crippen LogP contribution in [-0.2, 0) is 86.2 Å². The summed E-state index contributed by atoms with van der Waals surface area (Å²) in [6, 6.07) is -20.3. The zero-order valence-corrected chi connectivity index (χ0v) is 67.0. The van der Waals surface area contributed by atoms with Crippen LogP contribution in [0.3, 0.4) is 0 Å². The lowest BCUT2D eigenvalue weighted by Gasteiger charge is -2.39. The van der Waals surface area contributed by atoms with Crippen molar-refractivity contribution in [2.45, 2.75) is 276 Å². The molecule has 1 unspecified atom stereocenters. The number of nitrogens with two attached hydrogens (primary N) is 4. The van der Waals surface area contributed by atoms with Crippen LogP contribution in [0, 0.1) is 47.3 Å². The predicted molar refractivity (Wildman–Crippen MR) is 402 cm³/mol. The number of carbonyl (C=O) groups excluding carboxylic acids is 14. The number of piperidine rings is 1. The number of ether oxygens (including phenoxy) is 2. The van der Waals surface area contributed by atoms with Gasteiger partial charge in [-0.1, -0.05) is 82.6 Å². The molecule has 13 amide bonds. The molecule has 0 saturated carbocycles. The largest absolute Gasteiger partial charge is 0.481 e. The summed E-state index contributed by atoms with van der Waals surface area (Å²) in [6.45, 7) is 17.3. The van der Waals surface area contributed by atoms with Crippen LogP contribution in [0.4, 0.5) is 0 Å². The number of aliphatic hydroxyl groups excluding tert-OH is 4. The van der Waals surface area contributed by atoms with Gasteiger partial charge < -0.3 is 121 Å². The Hall–Kier alpha value is -8.76. The van der Waals surface area contributed by atoms with Gasteiger partial charge in [-0.15, -0.1) is 0 Å². The minimum absolute atomic E-state index is 0.0138. The van der Waals surface area contributed by atoms with Crippen molar-refractivity contribution in [3.63, 3.8) is 0 Å². The van der Waals surface area contributed by atoms with E-state index < -0.39 is 266 Å². The number of cyclic esters (lactones) is 1. The molecule has 638 valence electrons. The molecule has 2 heterocycles. The first-order chi connectivity index (χ1) is 52.3. The third kappa shape index (κ3) is 30.6. The van der Waals surface area contributed by atoms with Crippen LogP contribution in [-0.4, -0.2) is 273 Å². The van der Waals surface area contributed by atoms with E-state index in [1.807, 2.05) is 13.8 Å². The Balaban J connectivity index is 3.12. The molecule has 0 spiro atoms. The normalized spacial score (nSPS) is 24.5. The molecule has 0 aromatic carbocycles. The van der Waals surface area contributed by atoms with E-state index in [0.29, 0.717) is 6.42 Å². The number of carbonyl (C=O) groups is 16. The highest BCUT2D eigenvalue weighted by atomic mass is 16.5. The number of amides is 13. The second-order valence-electron chi connectivity index (χ2n) is 30.5. The molecule has 2 rings (SSSR count). The zero-order chi connectivity index (χ0) is 85.5.